The van der Waals surface area contributed by atoms with Crippen LogP contribution in [-0.2, 0) is 24.4 Å². The summed E-state index contributed by atoms with van der Waals surface area (Å²) in [5.41, 5.74) is -0.615. The zero-order valence-corrected chi connectivity index (χ0v) is 18.6. The molecule has 0 spiro atoms. The summed E-state index contributed by atoms with van der Waals surface area (Å²) < 4.78 is 38.4. The number of carbonyl (C=O) groups is 1. The smallest absolute Gasteiger partial charge is 0.335 e. The van der Waals surface area contributed by atoms with Crippen molar-refractivity contribution in [3.8, 4) is 0 Å². The summed E-state index contributed by atoms with van der Waals surface area (Å²) in [5.74, 6) is -0.920. The highest BCUT2D eigenvalue weighted by Crippen LogP contribution is 2.38. The molecule has 1 rings (SSSR count). The van der Waals surface area contributed by atoms with E-state index in [1.165, 1.54) is 25.7 Å². The number of unbranched alkanes of at least 4 members (excludes halogenated alkanes) is 7. The average molecular weight is 413 g/mol. The van der Waals surface area contributed by atoms with Gasteiger partial charge < -0.3 is 4.74 Å². The molecule has 0 amide bonds. The Balaban J connectivity index is 2.99. The lowest BCUT2D eigenvalue weighted by Crippen LogP contribution is -2.47. The number of esters is 1. The Bertz CT molecular complexity index is 691. The fourth-order valence-corrected chi connectivity index (χ4v) is 4.41. The molecule has 1 unspecified atom stereocenters. The first-order valence-corrected chi connectivity index (χ1v) is 11.7. The maximum atomic E-state index is 13.0. The maximum absolute atomic E-state index is 13.0. The zero-order chi connectivity index (χ0) is 21.3. The van der Waals surface area contributed by atoms with Gasteiger partial charge in [0.15, 0.2) is 0 Å². The number of hydrogen-bond donors (Lipinski definition) is 1. The van der Waals surface area contributed by atoms with Gasteiger partial charge in [0.2, 0.25) is 4.75 Å². The van der Waals surface area contributed by atoms with Crippen LogP contribution in [0.25, 0.3) is 0 Å². The van der Waals surface area contributed by atoms with Gasteiger partial charge in [-0.2, -0.15) is 8.42 Å². The third-order valence-corrected chi connectivity index (χ3v) is 6.28. The first-order valence-electron chi connectivity index (χ1n) is 10.3. The summed E-state index contributed by atoms with van der Waals surface area (Å²) in [5, 5.41) is 0. The summed E-state index contributed by atoms with van der Waals surface area (Å²) in [6.45, 7) is 7.22. The van der Waals surface area contributed by atoms with E-state index in [1.54, 1.807) is 51.1 Å². The topological polar surface area (TPSA) is 80.7 Å². The Morgan fingerprint density at radius 2 is 1.43 bits per heavy atom. The molecule has 0 aliphatic heterocycles. The molecule has 0 aliphatic carbocycles. The zero-order valence-electron chi connectivity index (χ0n) is 17.7. The van der Waals surface area contributed by atoms with Crippen molar-refractivity contribution in [2.75, 3.05) is 0 Å². The van der Waals surface area contributed by atoms with Crippen LogP contribution in [0.5, 0.6) is 0 Å². The fourth-order valence-electron chi connectivity index (χ4n) is 3.32. The van der Waals surface area contributed by atoms with Crippen LogP contribution in [0.4, 0.5) is 0 Å². The van der Waals surface area contributed by atoms with E-state index in [4.69, 9.17) is 4.74 Å². The van der Waals surface area contributed by atoms with Crippen molar-refractivity contribution in [3.63, 3.8) is 0 Å². The summed E-state index contributed by atoms with van der Waals surface area (Å²) >= 11 is 0. The van der Waals surface area contributed by atoms with Crippen LogP contribution in [0.3, 0.4) is 0 Å². The number of hydrogen-bond acceptors (Lipinski definition) is 4. The van der Waals surface area contributed by atoms with Crippen LogP contribution < -0.4 is 0 Å². The molecule has 0 aromatic heterocycles. The third kappa shape index (κ3) is 7.21. The van der Waals surface area contributed by atoms with Gasteiger partial charge >= 0.3 is 5.97 Å². The first-order chi connectivity index (χ1) is 13.0. The van der Waals surface area contributed by atoms with Gasteiger partial charge in [-0.05, 0) is 32.8 Å². The second kappa shape index (κ2) is 11.0. The summed E-state index contributed by atoms with van der Waals surface area (Å²) in [7, 11) is -4.73. The molecule has 0 radical (unpaired) electrons. The Morgan fingerprint density at radius 1 is 0.929 bits per heavy atom. The Kier molecular flexibility index (Phi) is 9.64. The molecule has 0 saturated heterocycles. The summed E-state index contributed by atoms with van der Waals surface area (Å²) in [6, 6.07) is 8.18. The van der Waals surface area contributed by atoms with Crippen molar-refractivity contribution < 1.29 is 22.5 Å². The highest BCUT2D eigenvalue weighted by atomic mass is 32.2. The van der Waals surface area contributed by atoms with E-state index in [2.05, 4.69) is 6.92 Å². The van der Waals surface area contributed by atoms with E-state index in [9.17, 15) is 17.8 Å². The van der Waals surface area contributed by atoms with Gasteiger partial charge in [-0.3, -0.25) is 4.55 Å². The van der Waals surface area contributed by atoms with Gasteiger partial charge in [-0.1, -0.05) is 88.6 Å². The quantitative estimate of drug-likeness (QED) is 0.273. The lowest BCUT2D eigenvalue weighted by molar-refractivity contribution is -0.159. The predicted molar refractivity (Wildman–Crippen MR) is 113 cm³/mol. The second-order valence-corrected chi connectivity index (χ2v) is 10.0. The lowest BCUT2D eigenvalue weighted by Gasteiger charge is -2.32. The van der Waals surface area contributed by atoms with Crippen molar-refractivity contribution in [2.24, 2.45) is 0 Å². The van der Waals surface area contributed by atoms with Crippen LogP contribution in [0.15, 0.2) is 30.3 Å². The molecule has 0 saturated carbocycles. The molecule has 28 heavy (non-hydrogen) atoms. The lowest BCUT2D eigenvalue weighted by atomic mass is 9.91. The third-order valence-electron chi connectivity index (χ3n) is 4.79. The molecule has 0 fully saturated rings. The molecule has 0 aliphatic rings. The molecule has 0 bridgehead atoms. The number of ether oxygens (including phenoxy) is 1. The largest absolute Gasteiger partial charge is 0.458 e. The van der Waals surface area contributed by atoms with Crippen LogP contribution in [0, 0.1) is 0 Å². The minimum absolute atomic E-state index is 0.000278. The van der Waals surface area contributed by atoms with Gasteiger partial charge in [0, 0.05) is 0 Å². The van der Waals surface area contributed by atoms with Crippen LogP contribution in [-0.4, -0.2) is 24.5 Å². The predicted octanol–water partition coefficient (Wildman–Crippen LogP) is 5.64. The number of rotatable bonds is 12. The molecular formula is C22H36O5S. The fraction of sp³-hybridized carbons (Fsp3) is 0.682. The minimum Gasteiger partial charge on any atom is -0.458 e. The monoisotopic (exact) mass is 412 g/mol. The van der Waals surface area contributed by atoms with E-state index >= 15 is 0 Å². The van der Waals surface area contributed by atoms with E-state index in [0.717, 1.165) is 19.3 Å². The SMILES string of the molecule is CCCCCCCCCCC(C(=O)OC(C)(C)C)(c1ccccc1)S(=O)(=O)O. The standard InChI is InChI=1S/C22H36O5S/c1-5-6-7-8-9-10-11-15-18-22(28(24,25)26,19-16-13-12-14-17-19)20(23)27-21(2,3)4/h12-14,16-17H,5-11,15,18H2,1-4H3,(H,24,25,26). The van der Waals surface area contributed by atoms with E-state index in [-0.39, 0.29) is 12.0 Å². The van der Waals surface area contributed by atoms with Gasteiger partial charge in [0.05, 0.1) is 0 Å². The van der Waals surface area contributed by atoms with Crippen molar-refractivity contribution in [1.29, 1.82) is 0 Å². The van der Waals surface area contributed by atoms with E-state index in [0.29, 0.717) is 6.42 Å². The normalized spacial score (nSPS) is 14.5. The first kappa shape index (κ1) is 24.6. The van der Waals surface area contributed by atoms with Crippen molar-refractivity contribution >= 4 is 16.1 Å². The molecule has 0 heterocycles. The van der Waals surface area contributed by atoms with Crippen molar-refractivity contribution in [1.82, 2.24) is 0 Å². The molecule has 1 aromatic rings. The molecule has 1 atom stereocenters. The molecular weight excluding hydrogens is 376 g/mol. The molecule has 160 valence electrons. The summed E-state index contributed by atoms with van der Waals surface area (Å²) in [4.78, 5) is 13.0. The Hall–Kier alpha value is -1.40. The molecule has 6 heteroatoms. The highest BCUT2D eigenvalue weighted by Gasteiger charge is 2.53. The number of carbonyl (C=O) groups excluding carboxylic acids is 1. The average Bonchev–Trinajstić information content (AvgIpc) is 2.58. The second-order valence-electron chi connectivity index (χ2n) is 8.39. The van der Waals surface area contributed by atoms with Gasteiger partial charge in [-0.15, -0.1) is 0 Å². The minimum atomic E-state index is -4.73. The molecule has 5 nitrogen and oxygen atoms in total. The van der Waals surface area contributed by atoms with Crippen LogP contribution >= 0.6 is 0 Å². The molecule has 1 N–H and O–H groups in total. The molecule has 1 aromatic carbocycles. The highest BCUT2D eigenvalue weighted by molar-refractivity contribution is 7.87. The Morgan fingerprint density at radius 3 is 1.89 bits per heavy atom. The van der Waals surface area contributed by atoms with Gasteiger partial charge in [0.25, 0.3) is 10.1 Å². The van der Waals surface area contributed by atoms with Gasteiger partial charge in [-0.25, -0.2) is 4.79 Å². The van der Waals surface area contributed by atoms with Crippen molar-refractivity contribution in [2.45, 2.75) is 95.8 Å². The van der Waals surface area contributed by atoms with E-state index < -0.39 is 26.4 Å². The Labute approximate surface area is 170 Å². The van der Waals surface area contributed by atoms with Crippen LogP contribution in [0.2, 0.25) is 0 Å². The van der Waals surface area contributed by atoms with Gasteiger partial charge in [0.1, 0.15) is 5.60 Å². The van der Waals surface area contributed by atoms with Crippen LogP contribution in [0.1, 0.15) is 91.0 Å². The summed E-state index contributed by atoms with van der Waals surface area (Å²) in [6.07, 6.45) is 8.21. The van der Waals surface area contributed by atoms with E-state index in [1.807, 2.05) is 0 Å². The maximum Gasteiger partial charge on any atom is 0.335 e. The van der Waals surface area contributed by atoms with Crippen molar-refractivity contribution in [3.05, 3.63) is 35.9 Å². The number of benzene rings is 1.